The van der Waals surface area contributed by atoms with Gasteiger partial charge in [0, 0.05) is 4.47 Å². The van der Waals surface area contributed by atoms with Crippen molar-refractivity contribution in [3.63, 3.8) is 0 Å². The van der Waals surface area contributed by atoms with Gasteiger partial charge in [-0.3, -0.25) is 0 Å². The van der Waals surface area contributed by atoms with Crippen LogP contribution in [0.1, 0.15) is 26.3 Å². The fraction of sp³-hybridized carbons (Fsp3) is 0.0714. The number of hydrogen-bond donors (Lipinski definition) is 1. The Balaban J connectivity index is 2.42. The molecule has 2 aromatic rings. The van der Waals surface area contributed by atoms with Gasteiger partial charge in [-0.2, -0.15) is 0 Å². The summed E-state index contributed by atoms with van der Waals surface area (Å²) in [5.74, 6) is -0.910. The Kier molecular flexibility index (Phi) is 4.19. The Morgan fingerprint density at radius 2 is 1.67 bits per heavy atom. The second-order valence-electron chi connectivity index (χ2n) is 3.81. The van der Waals surface area contributed by atoms with Crippen molar-refractivity contribution in [1.29, 1.82) is 0 Å². The molecule has 2 rings (SSSR count). The maximum Gasteiger partial charge on any atom is 0.336 e. The molecule has 4 heteroatoms. The lowest BCUT2D eigenvalue weighted by Crippen LogP contribution is -2.04. The third-order valence-electron chi connectivity index (χ3n) is 2.63. The smallest absolute Gasteiger partial charge is 0.336 e. The third-order valence-corrected chi connectivity index (χ3v) is 4.18. The first-order valence-electron chi connectivity index (χ1n) is 5.31. The molecule has 0 fully saturated rings. The molecule has 0 spiro atoms. The van der Waals surface area contributed by atoms with Gasteiger partial charge in [-0.25, -0.2) is 4.79 Å². The summed E-state index contributed by atoms with van der Waals surface area (Å²) >= 11 is 6.94. The summed E-state index contributed by atoms with van der Waals surface area (Å²) in [6, 6.07) is 14.8. The molecule has 0 heterocycles. The predicted octanol–water partition coefficient (Wildman–Crippen LogP) is 4.63. The molecule has 0 saturated heterocycles. The average Bonchev–Trinajstić information content (AvgIpc) is 2.39. The molecule has 0 aromatic heterocycles. The predicted molar refractivity (Wildman–Crippen MR) is 78.3 cm³/mol. The number of carboxylic acid groups (broad SMARTS) is 1. The van der Waals surface area contributed by atoms with E-state index in [1.165, 1.54) is 0 Å². The van der Waals surface area contributed by atoms with Gasteiger partial charge >= 0.3 is 5.97 Å². The van der Waals surface area contributed by atoms with Crippen LogP contribution in [0.4, 0.5) is 0 Å². The number of halogens is 2. The molecule has 92 valence electrons. The highest BCUT2D eigenvalue weighted by Gasteiger charge is 2.17. The van der Waals surface area contributed by atoms with Crippen molar-refractivity contribution in [1.82, 2.24) is 0 Å². The van der Waals surface area contributed by atoms with Crippen molar-refractivity contribution in [2.45, 2.75) is 4.83 Å². The van der Waals surface area contributed by atoms with Crippen molar-refractivity contribution < 1.29 is 9.90 Å². The molecular weight excluding hydrogens is 360 g/mol. The molecule has 1 atom stereocenters. The topological polar surface area (TPSA) is 37.3 Å². The van der Waals surface area contributed by atoms with Gasteiger partial charge in [0.1, 0.15) is 0 Å². The standard InChI is InChI=1S/C14H10Br2O2/c15-10-7-5-9(6-8-10)13(16)11-3-1-2-4-12(11)14(17)18/h1-8,13H,(H,17,18)/t13-/m1/s1. The van der Waals surface area contributed by atoms with E-state index in [1.54, 1.807) is 12.1 Å². The fourth-order valence-electron chi connectivity index (χ4n) is 1.72. The van der Waals surface area contributed by atoms with Crippen molar-refractivity contribution in [3.8, 4) is 0 Å². The van der Waals surface area contributed by atoms with Gasteiger partial charge in [0.15, 0.2) is 0 Å². The first-order valence-corrected chi connectivity index (χ1v) is 7.02. The highest BCUT2D eigenvalue weighted by molar-refractivity contribution is 9.10. The molecule has 0 saturated carbocycles. The molecule has 0 amide bonds. The van der Waals surface area contributed by atoms with E-state index in [1.807, 2.05) is 36.4 Å². The quantitative estimate of drug-likeness (QED) is 0.800. The second-order valence-corrected chi connectivity index (χ2v) is 5.64. The van der Waals surface area contributed by atoms with Crippen molar-refractivity contribution in [2.75, 3.05) is 0 Å². The zero-order valence-corrected chi connectivity index (χ0v) is 12.5. The van der Waals surface area contributed by atoms with E-state index in [4.69, 9.17) is 0 Å². The zero-order chi connectivity index (χ0) is 13.1. The lowest BCUT2D eigenvalue weighted by Gasteiger charge is -2.13. The fourth-order valence-corrected chi connectivity index (χ4v) is 2.69. The average molecular weight is 370 g/mol. The van der Waals surface area contributed by atoms with Gasteiger partial charge < -0.3 is 5.11 Å². The molecule has 0 aliphatic carbocycles. The molecule has 0 aliphatic rings. The van der Waals surface area contributed by atoms with E-state index >= 15 is 0 Å². The Labute approximate surface area is 122 Å². The van der Waals surface area contributed by atoms with Gasteiger partial charge in [-0.05, 0) is 29.3 Å². The summed E-state index contributed by atoms with van der Waals surface area (Å²) in [6.45, 7) is 0. The molecule has 2 aromatic carbocycles. The molecule has 2 nitrogen and oxygen atoms in total. The van der Waals surface area contributed by atoms with Crippen LogP contribution in [0.25, 0.3) is 0 Å². The van der Waals surface area contributed by atoms with E-state index < -0.39 is 5.97 Å². The molecule has 0 unspecified atom stereocenters. The number of carbonyl (C=O) groups is 1. The summed E-state index contributed by atoms with van der Waals surface area (Å²) in [7, 11) is 0. The first-order chi connectivity index (χ1) is 8.59. The van der Waals surface area contributed by atoms with E-state index in [9.17, 15) is 9.90 Å². The minimum Gasteiger partial charge on any atom is -0.478 e. The summed E-state index contributed by atoms with van der Waals surface area (Å²) in [6.07, 6.45) is 0. The molecular formula is C14H10Br2O2. The van der Waals surface area contributed by atoms with Crippen LogP contribution >= 0.6 is 31.9 Å². The summed E-state index contributed by atoms with van der Waals surface area (Å²) in [5.41, 5.74) is 2.10. The van der Waals surface area contributed by atoms with E-state index in [-0.39, 0.29) is 4.83 Å². The molecule has 0 aliphatic heterocycles. The number of alkyl halides is 1. The lowest BCUT2D eigenvalue weighted by molar-refractivity contribution is 0.0696. The van der Waals surface area contributed by atoms with Gasteiger partial charge in [-0.15, -0.1) is 0 Å². The van der Waals surface area contributed by atoms with E-state index in [0.29, 0.717) is 5.56 Å². The van der Waals surface area contributed by atoms with Gasteiger partial charge in [0.2, 0.25) is 0 Å². The van der Waals surface area contributed by atoms with Gasteiger partial charge in [0.05, 0.1) is 10.4 Å². The summed E-state index contributed by atoms with van der Waals surface area (Å²) in [5, 5.41) is 9.18. The van der Waals surface area contributed by atoms with Crippen molar-refractivity contribution >= 4 is 37.8 Å². The maximum atomic E-state index is 11.2. The molecule has 1 N–H and O–H groups in total. The van der Waals surface area contributed by atoms with Crippen LogP contribution < -0.4 is 0 Å². The van der Waals surface area contributed by atoms with Crippen LogP contribution in [-0.4, -0.2) is 11.1 Å². The van der Waals surface area contributed by atoms with E-state index in [2.05, 4.69) is 31.9 Å². The van der Waals surface area contributed by atoms with Crippen LogP contribution in [-0.2, 0) is 0 Å². The normalized spacial score (nSPS) is 12.1. The Bertz CT molecular complexity index is 564. The lowest BCUT2D eigenvalue weighted by atomic mass is 10.00. The van der Waals surface area contributed by atoms with Crippen LogP contribution in [0.3, 0.4) is 0 Å². The summed E-state index contributed by atoms with van der Waals surface area (Å²) < 4.78 is 0.998. The first kappa shape index (κ1) is 13.3. The summed E-state index contributed by atoms with van der Waals surface area (Å²) in [4.78, 5) is 11.1. The number of aromatic carboxylic acids is 1. The largest absolute Gasteiger partial charge is 0.478 e. The number of rotatable bonds is 3. The third kappa shape index (κ3) is 2.82. The molecule has 18 heavy (non-hydrogen) atoms. The highest BCUT2D eigenvalue weighted by Crippen LogP contribution is 2.33. The SMILES string of the molecule is O=C(O)c1ccccc1[C@H](Br)c1ccc(Br)cc1. The number of benzene rings is 2. The monoisotopic (exact) mass is 368 g/mol. The zero-order valence-electron chi connectivity index (χ0n) is 9.31. The van der Waals surface area contributed by atoms with Crippen molar-refractivity contribution in [3.05, 3.63) is 69.7 Å². The number of hydrogen-bond acceptors (Lipinski definition) is 1. The Morgan fingerprint density at radius 3 is 2.28 bits per heavy atom. The molecule has 0 bridgehead atoms. The molecule has 0 radical (unpaired) electrons. The minimum atomic E-state index is -0.910. The van der Waals surface area contributed by atoms with Crippen LogP contribution in [0, 0.1) is 0 Å². The maximum absolute atomic E-state index is 11.2. The minimum absolute atomic E-state index is 0.127. The Morgan fingerprint density at radius 1 is 1.06 bits per heavy atom. The van der Waals surface area contributed by atoms with Gasteiger partial charge in [-0.1, -0.05) is 62.2 Å². The van der Waals surface area contributed by atoms with Crippen LogP contribution in [0.2, 0.25) is 0 Å². The van der Waals surface area contributed by atoms with Gasteiger partial charge in [0.25, 0.3) is 0 Å². The van der Waals surface area contributed by atoms with E-state index in [0.717, 1.165) is 15.6 Å². The number of carboxylic acids is 1. The van der Waals surface area contributed by atoms with Crippen LogP contribution in [0.5, 0.6) is 0 Å². The van der Waals surface area contributed by atoms with Crippen LogP contribution in [0.15, 0.2) is 53.0 Å². The van der Waals surface area contributed by atoms with Crippen molar-refractivity contribution in [2.24, 2.45) is 0 Å². The Hall–Kier alpha value is -1.13. The highest BCUT2D eigenvalue weighted by atomic mass is 79.9. The second kappa shape index (κ2) is 5.67.